The van der Waals surface area contributed by atoms with Crippen LogP contribution in [0.4, 0.5) is 0 Å². The Bertz CT molecular complexity index is 895. The van der Waals surface area contributed by atoms with E-state index in [0.717, 1.165) is 36.5 Å². The average Bonchev–Trinajstić information content (AvgIpc) is 2.90. The molecule has 0 saturated carbocycles. The maximum absolute atomic E-state index is 12.0. The smallest absolute Gasteiger partial charge is 0.338 e. The molecule has 2 aromatic carbocycles. The number of ether oxygens (including phenoxy) is 2. The summed E-state index contributed by atoms with van der Waals surface area (Å²) in [6.07, 6.45) is 3.80. The molecule has 0 aromatic heterocycles. The number of aliphatic hydroxyl groups is 1. The molecular weight excluding hydrogens is 452 g/mol. The molecule has 0 amide bonds. The topological polar surface area (TPSA) is 72.8 Å². The highest BCUT2D eigenvalue weighted by molar-refractivity contribution is 5.95. The van der Waals surface area contributed by atoms with Gasteiger partial charge >= 0.3 is 11.9 Å². The Hall–Kier alpha value is -2.40. The van der Waals surface area contributed by atoms with Gasteiger partial charge in [0.15, 0.2) is 0 Å². The maximum Gasteiger partial charge on any atom is 0.338 e. The zero-order chi connectivity index (χ0) is 27.8. The Labute approximate surface area is 219 Å². The van der Waals surface area contributed by atoms with Gasteiger partial charge in [0.25, 0.3) is 0 Å². The number of carbonyl (C=O) groups excluding carboxylic acids is 2. The van der Waals surface area contributed by atoms with Crippen LogP contribution in [-0.4, -0.2) is 36.9 Å². The van der Waals surface area contributed by atoms with E-state index in [1.54, 1.807) is 0 Å². The first-order valence-electron chi connectivity index (χ1n) is 13.3. The highest BCUT2D eigenvalue weighted by atomic mass is 16.5. The van der Waals surface area contributed by atoms with Crippen molar-refractivity contribution in [2.75, 3.05) is 19.8 Å². The molecule has 0 aliphatic rings. The lowest BCUT2D eigenvalue weighted by Gasteiger charge is -2.21. The Balaban J connectivity index is 0.000000605. The zero-order valence-corrected chi connectivity index (χ0v) is 24.1. The summed E-state index contributed by atoms with van der Waals surface area (Å²) in [6, 6.07) is 13.7. The number of carbonyl (C=O) groups is 2. The van der Waals surface area contributed by atoms with Crippen molar-refractivity contribution in [3.8, 4) is 0 Å². The van der Waals surface area contributed by atoms with Crippen LogP contribution in [0.3, 0.4) is 0 Å². The van der Waals surface area contributed by atoms with Gasteiger partial charge < -0.3 is 14.6 Å². The minimum atomic E-state index is -0.243. The van der Waals surface area contributed by atoms with E-state index in [-0.39, 0.29) is 28.7 Å². The lowest BCUT2D eigenvalue weighted by molar-refractivity contribution is -0.148. The molecular formula is C31H50O5. The monoisotopic (exact) mass is 502 g/mol. The van der Waals surface area contributed by atoms with Crippen LogP contribution >= 0.6 is 0 Å². The van der Waals surface area contributed by atoms with Gasteiger partial charge in [0, 0.05) is 6.61 Å². The van der Waals surface area contributed by atoms with Gasteiger partial charge in [0.05, 0.1) is 24.7 Å². The fourth-order valence-electron chi connectivity index (χ4n) is 2.39. The van der Waals surface area contributed by atoms with Gasteiger partial charge in [-0.1, -0.05) is 92.6 Å². The van der Waals surface area contributed by atoms with Gasteiger partial charge in [0.2, 0.25) is 0 Å². The summed E-state index contributed by atoms with van der Waals surface area (Å²) < 4.78 is 10.3. The summed E-state index contributed by atoms with van der Waals surface area (Å²) in [5.41, 5.74) is 0.789. The standard InChI is InChI=1S/C17H20O2.C8H16O2.C6H14O/c1-4-17(2,3)12-19-16(18)15-10-9-13-7-5-6-8-14(13)11-15;1-4-6-10-8(9)7(3)5-2;1-4-6(2,3)5-7/h5-11H,4,12H2,1-3H3;7H,4-6H2,1-3H3;7H,4-5H2,1-3H3. The van der Waals surface area contributed by atoms with Crippen LogP contribution in [0.1, 0.15) is 98.4 Å². The second-order valence-corrected chi connectivity index (χ2v) is 10.8. The van der Waals surface area contributed by atoms with Gasteiger partial charge in [-0.3, -0.25) is 4.79 Å². The Kier molecular flexibility index (Phi) is 16.0. The predicted molar refractivity (Wildman–Crippen MR) is 150 cm³/mol. The summed E-state index contributed by atoms with van der Waals surface area (Å²) in [6.45, 7) is 19.6. The average molecular weight is 503 g/mol. The van der Waals surface area contributed by atoms with E-state index in [2.05, 4.69) is 27.7 Å². The van der Waals surface area contributed by atoms with E-state index >= 15 is 0 Å². The van der Waals surface area contributed by atoms with Crippen LogP contribution in [0.2, 0.25) is 0 Å². The molecule has 0 aliphatic heterocycles. The van der Waals surface area contributed by atoms with Crippen molar-refractivity contribution in [1.29, 1.82) is 0 Å². The number of aliphatic hydroxyl groups excluding tert-OH is 1. The van der Waals surface area contributed by atoms with E-state index in [1.807, 2.05) is 77.1 Å². The van der Waals surface area contributed by atoms with Crippen molar-refractivity contribution in [1.82, 2.24) is 0 Å². The van der Waals surface area contributed by atoms with Gasteiger partial charge in [-0.25, -0.2) is 4.79 Å². The molecule has 36 heavy (non-hydrogen) atoms. The summed E-state index contributed by atoms with van der Waals surface area (Å²) in [4.78, 5) is 22.9. The number of benzene rings is 2. The van der Waals surface area contributed by atoms with E-state index in [0.29, 0.717) is 25.4 Å². The largest absolute Gasteiger partial charge is 0.465 e. The molecule has 2 aromatic rings. The molecule has 0 heterocycles. The lowest BCUT2D eigenvalue weighted by Crippen LogP contribution is -2.21. The molecule has 5 nitrogen and oxygen atoms in total. The van der Waals surface area contributed by atoms with Crippen molar-refractivity contribution in [2.45, 2.75) is 88.0 Å². The SMILES string of the molecule is CCC(C)(C)CO.CCC(C)(C)COC(=O)c1ccc2ccccc2c1.CCCOC(=O)C(C)CC. The molecule has 1 unspecified atom stereocenters. The van der Waals surface area contributed by atoms with Gasteiger partial charge in [-0.05, 0) is 59.4 Å². The molecule has 1 N–H and O–H groups in total. The molecule has 0 bridgehead atoms. The Morgan fingerprint density at radius 2 is 1.44 bits per heavy atom. The summed E-state index contributed by atoms with van der Waals surface area (Å²) in [5, 5.41) is 10.8. The first kappa shape index (κ1) is 33.6. The van der Waals surface area contributed by atoms with Crippen LogP contribution in [0, 0.1) is 16.7 Å². The third-order valence-corrected chi connectivity index (χ3v) is 6.38. The zero-order valence-electron chi connectivity index (χ0n) is 24.1. The van der Waals surface area contributed by atoms with Gasteiger partial charge in [-0.2, -0.15) is 0 Å². The van der Waals surface area contributed by atoms with Crippen molar-refractivity contribution in [2.24, 2.45) is 16.7 Å². The third kappa shape index (κ3) is 13.6. The maximum atomic E-state index is 12.0. The van der Waals surface area contributed by atoms with Crippen LogP contribution in [0.25, 0.3) is 10.8 Å². The van der Waals surface area contributed by atoms with Gasteiger partial charge in [-0.15, -0.1) is 0 Å². The number of hydrogen-bond donors (Lipinski definition) is 1. The molecule has 5 heteroatoms. The lowest BCUT2D eigenvalue weighted by atomic mass is 9.92. The molecule has 204 valence electrons. The number of esters is 2. The van der Waals surface area contributed by atoms with E-state index in [9.17, 15) is 9.59 Å². The summed E-state index contributed by atoms with van der Waals surface area (Å²) in [5.74, 6) is -0.247. The number of hydrogen-bond acceptors (Lipinski definition) is 5. The molecule has 0 spiro atoms. The van der Waals surface area contributed by atoms with Crippen molar-refractivity contribution >= 4 is 22.7 Å². The molecule has 0 saturated heterocycles. The van der Waals surface area contributed by atoms with E-state index in [1.165, 1.54) is 0 Å². The second-order valence-electron chi connectivity index (χ2n) is 10.8. The van der Waals surface area contributed by atoms with Crippen molar-refractivity contribution in [3.63, 3.8) is 0 Å². The first-order chi connectivity index (χ1) is 16.9. The minimum absolute atomic E-state index is 0.0342. The van der Waals surface area contributed by atoms with Crippen LogP contribution in [0.15, 0.2) is 42.5 Å². The van der Waals surface area contributed by atoms with Crippen LogP contribution in [-0.2, 0) is 14.3 Å². The number of fused-ring (bicyclic) bond motifs is 1. The molecule has 0 aliphatic carbocycles. The Morgan fingerprint density at radius 3 is 1.92 bits per heavy atom. The normalized spacial score (nSPS) is 11.9. The second kappa shape index (κ2) is 17.1. The fourth-order valence-corrected chi connectivity index (χ4v) is 2.39. The van der Waals surface area contributed by atoms with E-state index in [4.69, 9.17) is 14.6 Å². The van der Waals surface area contributed by atoms with Crippen LogP contribution in [0.5, 0.6) is 0 Å². The van der Waals surface area contributed by atoms with E-state index < -0.39 is 0 Å². The van der Waals surface area contributed by atoms with Crippen molar-refractivity contribution < 1.29 is 24.2 Å². The molecule has 1 atom stereocenters. The quantitative estimate of drug-likeness (QED) is 0.335. The first-order valence-corrected chi connectivity index (χ1v) is 13.3. The summed E-state index contributed by atoms with van der Waals surface area (Å²) >= 11 is 0. The highest BCUT2D eigenvalue weighted by Crippen LogP contribution is 2.21. The molecule has 0 fully saturated rings. The Morgan fingerprint density at radius 1 is 0.861 bits per heavy atom. The predicted octanol–water partition coefficient (Wildman–Crippen LogP) is 7.83. The molecule has 2 rings (SSSR count). The molecule has 0 radical (unpaired) electrons. The van der Waals surface area contributed by atoms with Crippen molar-refractivity contribution in [3.05, 3.63) is 48.0 Å². The summed E-state index contributed by atoms with van der Waals surface area (Å²) in [7, 11) is 0. The minimum Gasteiger partial charge on any atom is -0.465 e. The fraction of sp³-hybridized carbons (Fsp3) is 0.613. The highest BCUT2D eigenvalue weighted by Gasteiger charge is 2.18. The number of rotatable bonds is 10. The third-order valence-electron chi connectivity index (χ3n) is 6.38. The van der Waals surface area contributed by atoms with Crippen LogP contribution < -0.4 is 0 Å². The van der Waals surface area contributed by atoms with Gasteiger partial charge in [0.1, 0.15) is 0 Å².